The molecule has 0 N–H and O–H groups in total. The lowest BCUT2D eigenvalue weighted by molar-refractivity contribution is 0.124. The smallest absolute Gasteiger partial charge is 0.118 e. The Labute approximate surface area is 235 Å². The number of likely N-dealkylation sites (tertiary alicyclic amines) is 1. The second-order valence-corrected chi connectivity index (χ2v) is 10.3. The largest absolute Gasteiger partial charge is 0.497 e. The number of piperidine rings is 1. The molecule has 1 aliphatic rings. The zero-order valence-corrected chi connectivity index (χ0v) is 23.4. The summed E-state index contributed by atoms with van der Waals surface area (Å²) in [5.74, 6) is 1.56. The molecule has 1 saturated heterocycles. The Morgan fingerprint density at radius 3 is 1.68 bits per heavy atom. The van der Waals surface area contributed by atoms with Gasteiger partial charge in [-0.2, -0.15) is 0 Å². The molecule has 0 saturated carbocycles. The number of rotatable bonds is 9. The van der Waals surface area contributed by atoms with Crippen molar-refractivity contribution in [2.45, 2.75) is 50.0 Å². The van der Waals surface area contributed by atoms with Gasteiger partial charge in [-0.15, -0.1) is 12.4 Å². The topological polar surface area (TPSA) is 12.5 Å². The summed E-state index contributed by atoms with van der Waals surface area (Å²) in [6, 6.07) is 42.7. The molecule has 0 bridgehead atoms. The molecule has 4 aromatic rings. The van der Waals surface area contributed by atoms with Crippen LogP contribution in [-0.4, -0.2) is 31.1 Å². The average Bonchev–Trinajstić information content (AvgIpc) is 2.99. The van der Waals surface area contributed by atoms with E-state index in [1.54, 1.807) is 7.11 Å². The van der Waals surface area contributed by atoms with Crippen molar-refractivity contribution >= 4 is 12.4 Å². The minimum absolute atomic E-state index is 0. The van der Waals surface area contributed by atoms with Gasteiger partial charge in [0.05, 0.1) is 7.11 Å². The Morgan fingerprint density at radius 1 is 0.737 bits per heavy atom. The summed E-state index contributed by atoms with van der Waals surface area (Å²) in [5, 5.41) is 0. The molecule has 1 heterocycles. The summed E-state index contributed by atoms with van der Waals surface area (Å²) in [6.45, 7) is 4.57. The summed E-state index contributed by atoms with van der Waals surface area (Å²) < 4.78 is 5.38. The fourth-order valence-corrected chi connectivity index (χ4v) is 6.41. The highest BCUT2D eigenvalue weighted by Crippen LogP contribution is 2.43. The summed E-state index contributed by atoms with van der Waals surface area (Å²) >= 11 is 0. The third-order valence-electron chi connectivity index (χ3n) is 8.47. The molecule has 0 amide bonds. The Morgan fingerprint density at radius 2 is 1.24 bits per heavy atom. The maximum atomic E-state index is 5.38. The van der Waals surface area contributed by atoms with Gasteiger partial charge in [-0.3, -0.25) is 0 Å². The zero-order chi connectivity index (χ0) is 25.5. The molecule has 3 heteroatoms. The Bertz CT molecular complexity index is 1130. The standard InChI is InChI=1S/C35H39NO.ClH/c1-3-33-27-29(28-19-21-34(37-2)22-20-28)23-25-36(33)26-24-35(30-13-7-4-8-14-30,31-15-9-5-10-16-31)32-17-11-6-12-18-32;/h4-22,29,33H,3,23-27H2,1-2H3;1H. The van der Waals surface area contributed by atoms with Gasteiger partial charge in [-0.25, -0.2) is 0 Å². The summed E-state index contributed by atoms with van der Waals surface area (Å²) in [7, 11) is 1.74. The van der Waals surface area contributed by atoms with Crippen molar-refractivity contribution in [2.75, 3.05) is 20.2 Å². The van der Waals surface area contributed by atoms with Gasteiger partial charge in [0, 0.05) is 11.5 Å². The Balaban J connectivity index is 0.00000336. The second kappa shape index (κ2) is 13.1. The molecular weight excluding hydrogens is 486 g/mol. The predicted molar refractivity (Wildman–Crippen MR) is 162 cm³/mol. The molecule has 1 aliphatic heterocycles. The molecule has 2 atom stereocenters. The van der Waals surface area contributed by atoms with Gasteiger partial charge >= 0.3 is 0 Å². The maximum Gasteiger partial charge on any atom is 0.118 e. The first-order valence-corrected chi connectivity index (χ1v) is 13.8. The minimum Gasteiger partial charge on any atom is -0.497 e. The van der Waals surface area contributed by atoms with Crippen molar-refractivity contribution in [3.05, 3.63) is 138 Å². The van der Waals surface area contributed by atoms with Crippen LogP contribution >= 0.6 is 12.4 Å². The van der Waals surface area contributed by atoms with Gasteiger partial charge in [-0.05, 0) is 79.1 Å². The second-order valence-electron chi connectivity index (χ2n) is 10.3. The van der Waals surface area contributed by atoms with Gasteiger partial charge in [-0.1, -0.05) is 110 Å². The van der Waals surface area contributed by atoms with E-state index in [4.69, 9.17) is 4.74 Å². The fraction of sp³-hybridized carbons (Fsp3) is 0.314. The van der Waals surface area contributed by atoms with Gasteiger partial charge in [0.1, 0.15) is 5.75 Å². The molecule has 1 fully saturated rings. The van der Waals surface area contributed by atoms with Crippen LogP contribution in [0.3, 0.4) is 0 Å². The van der Waals surface area contributed by atoms with E-state index >= 15 is 0 Å². The van der Waals surface area contributed by atoms with E-state index in [0.29, 0.717) is 12.0 Å². The number of nitrogens with zero attached hydrogens (tertiary/aromatic N) is 1. The van der Waals surface area contributed by atoms with E-state index in [2.05, 4.69) is 127 Å². The lowest BCUT2D eigenvalue weighted by Gasteiger charge is -2.43. The lowest BCUT2D eigenvalue weighted by atomic mass is 9.67. The molecule has 38 heavy (non-hydrogen) atoms. The Kier molecular flexibility index (Phi) is 9.66. The molecule has 0 aromatic heterocycles. The number of methoxy groups -OCH3 is 1. The van der Waals surface area contributed by atoms with Gasteiger partial charge in [0.15, 0.2) is 0 Å². The molecule has 198 valence electrons. The van der Waals surface area contributed by atoms with Crippen molar-refractivity contribution in [3.8, 4) is 5.75 Å². The maximum absolute atomic E-state index is 5.38. The van der Waals surface area contributed by atoms with E-state index in [1.807, 2.05) is 0 Å². The zero-order valence-electron chi connectivity index (χ0n) is 22.6. The molecule has 0 radical (unpaired) electrons. The molecule has 4 aromatic carbocycles. The first kappa shape index (κ1) is 28.0. The van der Waals surface area contributed by atoms with Crippen LogP contribution in [0.5, 0.6) is 5.75 Å². The molecule has 2 nitrogen and oxygen atoms in total. The van der Waals surface area contributed by atoms with Crippen molar-refractivity contribution in [2.24, 2.45) is 0 Å². The van der Waals surface area contributed by atoms with E-state index in [9.17, 15) is 0 Å². The van der Waals surface area contributed by atoms with Crippen LogP contribution in [-0.2, 0) is 5.41 Å². The monoisotopic (exact) mass is 525 g/mol. The van der Waals surface area contributed by atoms with Crippen LogP contribution in [0.25, 0.3) is 0 Å². The number of benzene rings is 4. The number of hydrogen-bond acceptors (Lipinski definition) is 2. The van der Waals surface area contributed by atoms with Crippen LogP contribution in [0.4, 0.5) is 0 Å². The van der Waals surface area contributed by atoms with E-state index in [1.165, 1.54) is 41.5 Å². The average molecular weight is 526 g/mol. The number of halogens is 1. The highest BCUT2D eigenvalue weighted by Gasteiger charge is 2.38. The molecule has 5 rings (SSSR count). The van der Waals surface area contributed by atoms with Crippen LogP contribution in [0.2, 0.25) is 0 Å². The highest BCUT2D eigenvalue weighted by atomic mass is 35.5. The van der Waals surface area contributed by atoms with E-state index < -0.39 is 0 Å². The number of ether oxygens (including phenoxy) is 1. The molecule has 2 unspecified atom stereocenters. The molecule has 0 aliphatic carbocycles. The van der Waals surface area contributed by atoms with Crippen LogP contribution < -0.4 is 4.74 Å². The first-order valence-electron chi connectivity index (χ1n) is 13.8. The summed E-state index contributed by atoms with van der Waals surface area (Å²) in [5.41, 5.74) is 5.37. The van der Waals surface area contributed by atoms with Gasteiger partial charge < -0.3 is 9.64 Å². The van der Waals surface area contributed by atoms with E-state index in [-0.39, 0.29) is 17.8 Å². The third-order valence-corrected chi connectivity index (χ3v) is 8.47. The molecule has 0 spiro atoms. The van der Waals surface area contributed by atoms with Crippen LogP contribution in [0.15, 0.2) is 115 Å². The predicted octanol–water partition coefficient (Wildman–Crippen LogP) is 8.50. The Hall–Kier alpha value is -3.07. The van der Waals surface area contributed by atoms with Crippen molar-refractivity contribution in [1.82, 2.24) is 4.90 Å². The van der Waals surface area contributed by atoms with Gasteiger partial charge in [0.2, 0.25) is 0 Å². The summed E-state index contributed by atoms with van der Waals surface area (Å²) in [6.07, 6.45) is 4.66. The quantitative estimate of drug-likeness (QED) is 0.203. The lowest BCUT2D eigenvalue weighted by Crippen LogP contribution is -2.44. The highest BCUT2D eigenvalue weighted by molar-refractivity contribution is 5.85. The van der Waals surface area contributed by atoms with Gasteiger partial charge in [0.25, 0.3) is 0 Å². The fourth-order valence-electron chi connectivity index (χ4n) is 6.41. The van der Waals surface area contributed by atoms with Crippen LogP contribution in [0.1, 0.15) is 60.8 Å². The SMILES string of the molecule is CCC1CC(c2ccc(OC)cc2)CCN1CCC(c1ccccc1)(c1ccccc1)c1ccccc1.Cl. The van der Waals surface area contributed by atoms with Crippen molar-refractivity contribution in [3.63, 3.8) is 0 Å². The van der Waals surface area contributed by atoms with Crippen LogP contribution in [0, 0.1) is 0 Å². The number of hydrogen-bond donors (Lipinski definition) is 0. The van der Waals surface area contributed by atoms with E-state index in [0.717, 1.165) is 25.3 Å². The third kappa shape index (κ3) is 5.82. The minimum atomic E-state index is -0.186. The van der Waals surface area contributed by atoms with Crippen molar-refractivity contribution < 1.29 is 4.74 Å². The summed E-state index contributed by atoms with van der Waals surface area (Å²) in [4.78, 5) is 2.77. The normalized spacial score (nSPS) is 17.9. The first-order chi connectivity index (χ1) is 18.2. The van der Waals surface area contributed by atoms with Crippen molar-refractivity contribution in [1.29, 1.82) is 0 Å². The molecular formula is C35H40ClNO.